The van der Waals surface area contributed by atoms with E-state index in [1.807, 2.05) is 0 Å². The number of rotatable bonds is 2. The lowest BCUT2D eigenvalue weighted by Crippen LogP contribution is -2.11. The highest BCUT2D eigenvalue weighted by Crippen LogP contribution is 2.19. The molecular formula is C4H6Cl2O. The topological polar surface area (TPSA) is 9.23 Å². The fourth-order valence-corrected chi connectivity index (χ4v) is 0.411. The molecule has 0 unspecified atom stereocenters. The maximum absolute atomic E-state index is 5.15. The molecule has 0 rings (SSSR count). The molecule has 0 aromatic heterocycles. The van der Waals surface area contributed by atoms with Crippen LogP contribution in [0.15, 0.2) is 0 Å². The SMILES string of the molecule is [CH]C(Cl)(Cl)OCC. The van der Waals surface area contributed by atoms with Crippen molar-refractivity contribution in [1.82, 2.24) is 0 Å². The van der Waals surface area contributed by atoms with Crippen LogP contribution in [0.5, 0.6) is 0 Å². The van der Waals surface area contributed by atoms with Crippen molar-refractivity contribution < 1.29 is 4.74 Å². The van der Waals surface area contributed by atoms with Crippen molar-refractivity contribution >= 4 is 23.2 Å². The molecule has 0 aliphatic rings. The van der Waals surface area contributed by atoms with Crippen LogP contribution in [0.2, 0.25) is 0 Å². The summed E-state index contributed by atoms with van der Waals surface area (Å²) in [6.07, 6.45) is 0. The highest BCUT2D eigenvalue weighted by molar-refractivity contribution is 6.47. The maximum atomic E-state index is 5.15. The Morgan fingerprint density at radius 2 is 2.14 bits per heavy atom. The van der Waals surface area contributed by atoms with Crippen LogP contribution in [-0.2, 0) is 4.74 Å². The zero-order valence-corrected chi connectivity index (χ0v) is 5.46. The van der Waals surface area contributed by atoms with Gasteiger partial charge in [0.25, 0.3) is 0 Å². The number of alkyl halides is 2. The van der Waals surface area contributed by atoms with Gasteiger partial charge in [0.05, 0.1) is 0 Å². The molecule has 0 fully saturated rings. The Morgan fingerprint density at radius 1 is 1.71 bits per heavy atom. The minimum absolute atomic E-state index is 0.420. The first-order valence-electron chi connectivity index (χ1n) is 1.87. The van der Waals surface area contributed by atoms with Gasteiger partial charge >= 0.3 is 0 Å². The second kappa shape index (κ2) is 2.75. The van der Waals surface area contributed by atoms with E-state index >= 15 is 0 Å². The lowest BCUT2D eigenvalue weighted by molar-refractivity contribution is 0.120. The predicted molar refractivity (Wildman–Crippen MR) is 30.4 cm³/mol. The highest BCUT2D eigenvalue weighted by Gasteiger charge is 2.14. The number of ether oxygens (including phenoxy) is 1. The van der Waals surface area contributed by atoms with E-state index < -0.39 is 4.52 Å². The van der Waals surface area contributed by atoms with Crippen LogP contribution >= 0.6 is 23.2 Å². The summed E-state index contributed by atoms with van der Waals surface area (Å²) in [7, 11) is 0. The molecule has 2 radical (unpaired) electrons. The molecule has 0 N–H and O–H groups in total. The zero-order valence-electron chi connectivity index (χ0n) is 3.95. The molecule has 0 saturated heterocycles. The van der Waals surface area contributed by atoms with E-state index in [0.717, 1.165) is 0 Å². The third-order valence-electron chi connectivity index (χ3n) is 0.337. The standard InChI is InChI=1S/C4H6Cl2O/c1-3-7-4(2,5)6/h2H,3H2,1H3. The number of hydrogen-bond acceptors (Lipinski definition) is 1. The van der Waals surface area contributed by atoms with E-state index in [1.54, 1.807) is 6.92 Å². The minimum atomic E-state index is -1.51. The van der Waals surface area contributed by atoms with Gasteiger partial charge in [-0.1, -0.05) is 23.2 Å². The molecule has 0 amide bonds. The van der Waals surface area contributed by atoms with Crippen molar-refractivity contribution in [3.05, 3.63) is 6.92 Å². The van der Waals surface area contributed by atoms with Crippen LogP contribution < -0.4 is 0 Å². The first kappa shape index (κ1) is 7.54. The molecule has 0 aliphatic heterocycles. The number of hydrogen-bond donors (Lipinski definition) is 0. The van der Waals surface area contributed by atoms with Crippen molar-refractivity contribution in [3.8, 4) is 0 Å². The van der Waals surface area contributed by atoms with Gasteiger partial charge in [-0.15, -0.1) is 0 Å². The Bertz CT molecular complexity index is 48.1. The summed E-state index contributed by atoms with van der Waals surface area (Å²) in [6, 6.07) is 0. The smallest absolute Gasteiger partial charge is 0.221 e. The van der Waals surface area contributed by atoms with E-state index in [2.05, 4.69) is 4.74 Å². The van der Waals surface area contributed by atoms with E-state index in [4.69, 9.17) is 30.1 Å². The van der Waals surface area contributed by atoms with E-state index in [9.17, 15) is 0 Å². The summed E-state index contributed by atoms with van der Waals surface area (Å²) in [5, 5.41) is 0. The van der Waals surface area contributed by atoms with Crippen molar-refractivity contribution in [2.45, 2.75) is 11.4 Å². The Hall–Kier alpha value is 0.540. The zero-order chi connectivity index (χ0) is 5.91. The fourth-order valence-electron chi connectivity index (χ4n) is 0.192. The summed E-state index contributed by atoms with van der Waals surface area (Å²) in [5.74, 6) is 0. The molecule has 0 aliphatic carbocycles. The number of halogens is 2. The van der Waals surface area contributed by atoms with Crippen molar-refractivity contribution in [3.63, 3.8) is 0 Å². The van der Waals surface area contributed by atoms with Gasteiger partial charge in [-0.25, -0.2) is 0 Å². The lowest BCUT2D eigenvalue weighted by Gasteiger charge is -2.10. The Balaban J connectivity index is 3.15. The molecule has 0 bridgehead atoms. The van der Waals surface area contributed by atoms with Gasteiger partial charge in [0, 0.05) is 13.5 Å². The predicted octanol–water partition coefficient (Wildman–Crippen LogP) is 1.87. The molecule has 42 valence electrons. The van der Waals surface area contributed by atoms with Gasteiger partial charge in [-0.3, -0.25) is 0 Å². The van der Waals surface area contributed by atoms with E-state index in [-0.39, 0.29) is 0 Å². The Morgan fingerprint density at radius 3 is 2.14 bits per heavy atom. The van der Waals surface area contributed by atoms with Gasteiger partial charge < -0.3 is 4.74 Å². The van der Waals surface area contributed by atoms with Gasteiger partial charge in [0.15, 0.2) is 0 Å². The largest absolute Gasteiger partial charge is 0.347 e. The van der Waals surface area contributed by atoms with Crippen LogP contribution in [0.1, 0.15) is 6.92 Å². The quantitative estimate of drug-likeness (QED) is 0.533. The van der Waals surface area contributed by atoms with Gasteiger partial charge in [0.1, 0.15) is 0 Å². The molecule has 0 heterocycles. The van der Waals surface area contributed by atoms with Crippen LogP contribution in [0, 0.1) is 6.92 Å². The fraction of sp³-hybridized carbons (Fsp3) is 0.750. The van der Waals surface area contributed by atoms with Crippen molar-refractivity contribution in [1.29, 1.82) is 0 Å². The van der Waals surface area contributed by atoms with E-state index in [1.165, 1.54) is 0 Å². The summed E-state index contributed by atoms with van der Waals surface area (Å²) in [5.41, 5.74) is 0. The van der Waals surface area contributed by atoms with Gasteiger partial charge in [-0.05, 0) is 6.92 Å². The first-order valence-corrected chi connectivity index (χ1v) is 2.62. The second-order valence-electron chi connectivity index (χ2n) is 0.995. The molecule has 0 atom stereocenters. The molecule has 7 heavy (non-hydrogen) atoms. The Labute approximate surface area is 53.6 Å². The molecule has 1 nitrogen and oxygen atoms in total. The molecule has 0 aromatic rings. The van der Waals surface area contributed by atoms with Gasteiger partial charge in [0.2, 0.25) is 4.52 Å². The normalized spacial score (nSPS) is 12.0. The molecule has 0 saturated carbocycles. The molecule has 0 aromatic carbocycles. The first-order chi connectivity index (χ1) is 3.06. The van der Waals surface area contributed by atoms with Crippen molar-refractivity contribution in [2.24, 2.45) is 0 Å². The molecular weight excluding hydrogens is 135 g/mol. The summed E-state index contributed by atoms with van der Waals surface area (Å²) >= 11 is 10.3. The summed E-state index contributed by atoms with van der Waals surface area (Å²) < 4.78 is 3.03. The van der Waals surface area contributed by atoms with Crippen molar-refractivity contribution in [2.75, 3.05) is 6.61 Å². The third-order valence-corrected chi connectivity index (χ3v) is 0.555. The van der Waals surface area contributed by atoms with Crippen LogP contribution in [0.25, 0.3) is 0 Å². The molecule has 0 spiro atoms. The highest BCUT2D eigenvalue weighted by atomic mass is 35.5. The average Bonchev–Trinajstić information content (AvgIpc) is 1.30. The summed E-state index contributed by atoms with van der Waals surface area (Å²) in [6.45, 7) is 7.13. The van der Waals surface area contributed by atoms with Crippen LogP contribution in [-0.4, -0.2) is 11.1 Å². The van der Waals surface area contributed by atoms with E-state index in [0.29, 0.717) is 6.61 Å². The summed E-state index contributed by atoms with van der Waals surface area (Å²) in [4.78, 5) is 0. The Kier molecular flexibility index (Phi) is 2.96. The molecule has 3 heteroatoms. The monoisotopic (exact) mass is 140 g/mol. The maximum Gasteiger partial charge on any atom is 0.221 e. The third kappa shape index (κ3) is 6.54. The van der Waals surface area contributed by atoms with Crippen LogP contribution in [0.4, 0.5) is 0 Å². The van der Waals surface area contributed by atoms with Gasteiger partial charge in [-0.2, -0.15) is 0 Å². The average molecular weight is 141 g/mol. The second-order valence-corrected chi connectivity index (χ2v) is 2.31. The lowest BCUT2D eigenvalue weighted by atomic mass is 10.8. The minimum Gasteiger partial charge on any atom is -0.347 e. The van der Waals surface area contributed by atoms with Crippen LogP contribution in [0.3, 0.4) is 0 Å².